The summed E-state index contributed by atoms with van der Waals surface area (Å²) < 4.78 is 5.34. The minimum Gasteiger partial charge on any atom is -0.379 e. The van der Waals surface area contributed by atoms with Crippen LogP contribution in [0.3, 0.4) is 0 Å². The van der Waals surface area contributed by atoms with Gasteiger partial charge in [-0.1, -0.05) is 6.07 Å². The molecule has 0 atom stereocenters. The number of nitrogens with zero attached hydrogens (tertiary/aromatic N) is 3. The standard InChI is InChI=1S/C15H25N5O/c1-13-4-3-5-17-14(13)12-19-15(16-2)18-6-7-20-8-10-21-11-9-20/h3-5H,6-12H2,1-2H3,(H2,16,18,19). The zero-order valence-corrected chi connectivity index (χ0v) is 12.9. The molecule has 2 N–H and O–H groups in total. The number of pyridine rings is 1. The molecule has 6 nitrogen and oxygen atoms in total. The first-order valence-corrected chi connectivity index (χ1v) is 7.44. The third-order valence-corrected chi connectivity index (χ3v) is 3.59. The van der Waals surface area contributed by atoms with E-state index in [4.69, 9.17) is 4.74 Å². The van der Waals surface area contributed by atoms with Gasteiger partial charge >= 0.3 is 0 Å². The smallest absolute Gasteiger partial charge is 0.191 e. The zero-order valence-electron chi connectivity index (χ0n) is 12.9. The third kappa shape index (κ3) is 5.32. The highest BCUT2D eigenvalue weighted by Crippen LogP contribution is 2.01. The summed E-state index contributed by atoms with van der Waals surface area (Å²) in [5.41, 5.74) is 2.24. The monoisotopic (exact) mass is 291 g/mol. The summed E-state index contributed by atoms with van der Waals surface area (Å²) in [4.78, 5) is 11.0. The highest BCUT2D eigenvalue weighted by atomic mass is 16.5. The molecule has 1 aliphatic rings. The van der Waals surface area contributed by atoms with Crippen LogP contribution in [0, 0.1) is 6.92 Å². The van der Waals surface area contributed by atoms with Crippen LogP contribution in [0.25, 0.3) is 0 Å². The molecule has 116 valence electrons. The fraction of sp³-hybridized carbons (Fsp3) is 0.600. The Hall–Kier alpha value is -1.66. The van der Waals surface area contributed by atoms with E-state index in [1.165, 1.54) is 5.56 Å². The largest absolute Gasteiger partial charge is 0.379 e. The molecular weight excluding hydrogens is 266 g/mol. The van der Waals surface area contributed by atoms with Gasteiger partial charge in [0.1, 0.15) is 0 Å². The van der Waals surface area contributed by atoms with E-state index < -0.39 is 0 Å². The fourth-order valence-electron chi connectivity index (χ4n) is 2.25. The van der Waals surface area contributed by atoms with E-state index in [-0.39, 0.29) is 0 Å². The van der Waals surface area contributed by atoms with Gasteiger partial charge in [-0.15, -0.1) is 0 Å². The molecule has 0 amide bonds. The van der Waals surface area contributed by atoms with Crippen LogP contribution in [0.1, 0.15) is 11.3 Å². The van der Waals surface area contributed by atoms with Gasteiger partial charge in [0.25, 0.3) is 0 Å². The molecule has 6 heteroatoms. The Labute approximate surface area is 126 Å². The summed E-state index contributed by atoms with van der Waals surface area (Å²) in [6.45, 7) is 8.34. The van der Waals surface area contributed by atoms with E-state index in [9.17, 15) is 0 Å². The van der Waals surface area contributed by atoms with Crippen LogP contribution >= 0.6 is 0 Å². The van der Waals surface area contributed by atoms with Crippen LogP contribution in [-0.2, 0) is 11.3 Å². The van der Waals surface area contributed by atoms with E-state index in [0.29, 0.717) is 6.54 Å². The minimum atomic E-state index is 0.684. The normalized spacial score (nSPS) is 16.8. The molecule has 1 aromatic heterocycles. The molecule has 0 aliphatic carbocycles. The molecule has 1 fully saturated rings. The lowest BCUT2D eigenvalue weighted by molar-refractivity contribution is 0.0389. The van der Waals surface area contributed by atoms with E-state index >= 15 is 0 Å². The minimum absolute atomic E-state index is 0.684. The topological polar surface area (TPSA) is 61.8 Å². The molecule has 0 spiro atoms. The predicted octanol–water partition coefficient (Wildman–Crippen LogP) is 0.387. The van der Waals surface area contributed by atoms with Gasteiger partial charge < -0.3 is 15.4 Å². The van der Waals surface area contributed by atoms with Gasteiger partial charge in [-0.3, -0.25) is 14.9 Å². The Morgan fingerprint density at radius 1 is 1.38 bits per heavy atom. The highest BCUT2D eigenvalue weighted by Gasteiger charge is 2.09. The number of nitrogens with one attached hydrogen (secondary N) is 2. The number of aliphatic imine (C=N–C) groups is 1. The van der Waals surface area contributed by atoms with Crippen LogP contribution in [0.2, 0.25) is 0 Å². The average Bonchev–Trinajstić information content (AvgIpc) is 2.53. The molecule has 1 aliphatic heterocycles. The van der Waals surface area contributed by atoms with Crippen molar-refractivity contribution >= 4 is 5.96 Å². The summed E-state index contributed by atoms with van der Waals surface area (Å²) in [5.74, 6) is 0.813. The van der Waals surface area contributed by atoms with Gasteiger partial charge in [0.05, 0.1) is 25.5 Å². The van der Waals surface area contributed by atoms with Crippen molar-refractivity contribution in [2.24, 2.45) is 4.99 Å². The van der Waals surface area contributed by atoms with Gasteiger partial charge in [-0.05, 0) is 18.6 Å². The van der Waals surface area contributed by atoms with Crippen LogP contribution in [0.4, 0.5) is 0 Å². The van der Waals surface area contributed by atoms with E-state index in [0.717, 1.165) is 51.0 Å². The van der Waals surface area contributed by atoms with Crippen molar-refractivity contribution in [2.45, 2.75) is 13.5 Å². The van der Waals surface area contributed by atoms with Gasteiger partial charge in [-0.2, -0.15) is 0 Å². The molecule has 0 saturated carbocycles. The van der Waals surface area contributed by atoms with Gasteiger partial charge in [0.15, 0.2) is 5.96 Å². The second-order valence-corrected chi connectivity index (χ2v) is 5.07. The second kappa shape index (κ2) is 8.59. The van der Waals surface area contributed by atoms with E-state index in [1.54, 1.807) is 7.05 Å². The Bertz CT molecular complexity index is 457. The number of aryl methyl sites for hydroxylation is 1. The summed E-state index contributed by atoms with van der Waals surface area (Å²) in [7, 11) is 1.79. The fourth-order valence-corrected chi connectivity index (χ4v) is 2.25. The summed E-state index contributed by atoms with van der Waals surface area (Å²) in [6.07, 6.45) is 1.82. The van der Waals surface area contributed by atoms with Gasteiger partial charge in [0, 0.05) is 39.4 Å². The van der Waals surface area contributed by atoms with E-state index in [2.05, 4.69) is 38.5 Å². The molecule has 2 rings (SSSR count). The molecule has 0 radical (unpaired) electrons. The van der Waals surface area contributed by atoms with Crippen molar-refractivity contribution < 1.29 is 4.74 Å². The highest BCUT2D eigenvalue weighted by molar-refractivity contribution is 5.79. The molecule has 1 saturated heterocycles. The molecule has 0 aromatic carbocycles. The lowest BCUT2D eigenvalue weighted by Gasteiger charge is -2.26. The average molecular weight is 291 g/mol. The van der Waals surface area contributed by atoms with Crippen molar-refractivity contribution in [1.82, 2.24) is 20.5 Å². The van der Waals surface area contributed by atoms with Crippen LogP contribution in [0.5, 0.6) is 0 Å². The van der Waals surface area contributed by atoms with Crippen LogP contribution < -0.4 is 10.6 Å². The maximum atomic E-state index is 5.34. The number of morpholine rings is 1. The number of hydrogen-bond donors (Lipinski definition) is 2. The van der Waals surface area contributed by atoms with Crippen molar-refractivity contribution in [1.29, 1.82) is 0 Å². The van der Waals surface area contributed by atoms with Crippen molar-refractivity contribution in [3.8, 4) is 0 Å². The van der Waals surface area contributed by atoms with Crippen molar-refractivity contribution in [3.05, 3.63) is 29.6 Å². The summed E-state index contributed by atoms with van der Waals surface area (Å²) in [5, 5.41) is 6.63. The third-order valence-electron chi connectivity index (χ3n) is 3.59. The van der Waals surface area contributed by atoms with Crippen LogP contribution in [0.15, 0.2) is 23.3 Å². The molecular formula is C15H25N5O. The SMILES string of the molecule is CN=C(NCCN1CCOCC1)NCc1ncccc1C. The quantitative estimate of drug-likeness (QED) is 0.607. The van der Waals surface area contributed by atoms with Gasteiger partial charge in [0.2, 0.25) is 0 Å². The Kier molecular flexibility index (Phi) is 6.43. The second-order valence-electron chi connectivity index (χ2n) is 5.07. The summed E-state index contributed by atoms with van der Waals surface area (Å²) >= 11 is 0. The first kappa shape index (κ1) is 15.7. The van der Waals surface area contributed by atoms with Crippen molar-refractivity contribution in [2.75, 3.05) is 46.4 Å². The first-order chi connectivity index (χ1) is 10.3. The predicted molar refractivity (Wildman–Crippen MR) is 84.4 cm³/mol. The molecule has 0 bridgehead atoms. The Morgan fingerprint density at radius 2 is 2.19 bits per heavy atom. The molecule has 21 heavy (non-hydrogen) atoms. The number of rotatable bonds is 5. The Morgan fingerprint density at radius 3 is 2.90 bits per heavy atom. The maximum absolute atomic E-state index is 5.34. The lowest BCUT2D eigenvalue weighted by Crippen LogP contribution is -2.44. The first-order valence-electron chi connectivity index (χ1n) is 7.44. The molecule has 2 heterocycles. The number of ether oxygens (including phenoxy) is 1. The van der Waals surface area contributed by atoms with Crippen LogP contribution in [-0.4, -0.2) is 62.3 Å². The lowest BCUT2D eigenvalue weighted by atomic mass is 10.2. The number of aromatic nitrogens is 1. The molecule has 0 unspecified atom stereocenters. The van der Waals surface area contributed by atoms with Crippen molar-refractivity contribution in [3.63, 3.8) is 0 Å². The Balaban J connectivity index is 1.69. The molecule has 1 aromatic rings. The zero-order chi connectivity index (χ0) is 14.9. The summed E-state index contributed by atoms with van der Waals surface area (Å²) in [6, 6.07) is 4.02. The number of guanidine groups is 1. The number of hydrogen-bond acceptors (Lipinski definition) is 4. The van der Waals surface area contributed by atoms with E-state index in [1.807, 2.05) is 12.3 Å². The maximum Gasteiger partial charge on any atom is 0.191 e. The van der Waals surface area contributed by atoms with Gasteiger partial charge in [-0.25, -0.2) is 0 Å².